The lowest BCUT2D eigenvalue weighted by Crippen LogP contribution is -2.43. The molecule has 0 aliphatic carbocycles. The first-order chi connectivity index (χ1) is 14.2. The molecule has 1 saturated heterocycles. The van der Waals surface area contributed by atoms with Crippen LogP contribution < -0.4 is 4.90 Å². The third kappa shape index (κ3) is 4.71. The van der Waals surface area contributed by atoms with Crippen molar-refractivity contribution in [1.29, 1.82) is 0 Å². The van der Waals surface area contributed by atoms with Gasteiger partial charge >= 0.3 is 12.0 Å². The van der Waals surface area contributed by atoms with Crippen molar-refractivity contribution in [3.05, 3.63) is 64.2 Å². The largest absolute Gasteiger partial charge is 0.478 e. The van der Waals surface area contributed by atoms with Crippen LogP contribution in [0.3, 0.4) is 0 Å². The Morgan fingerprint density at radius 1 is 1.17 bits per heavy atom. The first kappa shape index (κ1) is 22.0. The van der Waals surface area contributed by atoms with Crippen molar-refractivity contribution in [2.24, 2.45) is 0 Å². The van der Waals surface area contributed by atoms with Crippen LogP contribution in [-0.2, 0) is 6.54 Å². The summed E-state index contributed by atoms with van der Waals surface area (Å²) in [4.78, 5) is 29.4. The minimum absolute atomic E-state index is 0.136. The second-order valence-electron chi connectivity index (χ2n) is 7.43. The fourth-order valence-electron chi connectivity index (χ4n) is 3.41. The summed E-state index contributed by atoms with van der Waals surface area (Å²) in [6.07, 6.45) is 0.804. The van der Waals surface area contributed by atoms with Gasteiger partial charge in [-0.1, -0.05) is 17.7 Å². The Morgan fingerprint density at radius 3 is 2.47 bits per heavy atom. The number of carboxylic acids is 1. The molecule has 1 atom stereocenters. The summed E-state index contributed by atoms with van der Waals surface area (Å²) >= 11 is 5.90. The number of likely N-dealkylation sites (N-methyl/N-ethyl adjacent to an activating group) is 1. The van der Waals surface area contributed by atoms with Gasteiger partial charge in [0.25, 0.3) is 0 Å². The molecule has 0 spiro atoms. The lowest BCUT2D eigenvalue weighted by atomic mass is 10.1. The summed E-state index contributed by atoms with van der Waals surface area (Å²) in [6, 6.07) is 7.24. The van der Waals surface area contributed by atoms with Crippen LogP contribution in [0.2, 0.25) is 5.02 Å². The molecule has 0 saturated carbocycles. The molecule has 2 aromatic carbocycles. The average Bonchev–Trinajstić information content (AvgIpc) is 3.19. The number of benzene rings is 2. The number of likely N-dealkylation sites (tertiary alicyclic amines) is 1. The molecule has 0 aromatic heterocycles. The molecule has 0 radical (unpaired) electrons. The predicted octanol–water partition coefficient (Wildman–Crippen LogP) is 4.08. The fourth-order valence-corrected chi connectivity index (χ4v) is 3.58. The van der Waals surface area contributed by atoms with Gasteiger partial charge in [-0.15, -0.1) is 0 Å². The molecule has 6 nitrogen and oxygen atoms in total. The number of anilines is 1. The first-order valence-corrected chi connectivity index (χ1v) is 9.75. The van der Waals surface area contributed by atoms with Gasteiger partial charge in [-0.25, -0.2) is 18.4 Å². The third-order valence-corrected chi connectivity index (χ3v) is 5.53. The molecule has 2 aromatic rings. The van der Waals surface area contributed by atoms with Gasteiger partial charge in [0.1, 0.15) is 11.6 Å². The topological polar surface area (TPSA) is 64.1 Å². The fraction of sp³-hybridized carbons (Fsp3) is 0.333. The average molecular weight is 438 g/mol. The maximum Gasteiger partial charge on any atom is 0.335 e. The Kier molecular flexibility index (Phi) is 6.58. The molecule has 30 heavy (non-hydrogen) atoms. The van der Waals surface area contributed by atoms with E-state index in [4.69, 9.17) is 16.7 Å². The normalized spacial score (nSPS) is 16.2. The number of rotatable bonds is 5. The van der Waals surface area contributed by atoms with Gasteiger partial charge in [0.15, 0.2) is 0 Å². The van der Waals surface area contributed by atoms with E-state index < -0.39 is 17.6 Å². The van der Waals surface area contributed by atoms with Gasteiger partial charge in [0.2, 0.25) is 0 Å². The summed E-state index contributed by atoms with van der Waals surface area (Å²) in [6.45, 7) is 0.890. The minimum Gasteiger partial charge on any atom is -0.478 e. The van der Waals surface area contributed by atoms with E-state index in [1.54, 1.807) is 4.90 Å². The maximum atomic E-state index is 14.5. The number of carbonyl (C=O) groups is 2. The van der Waals surface area contributed by atoms with E-state index in [-0.39, 0.29) is 34.8 Å². The van der Waals surface area contributed by atoms with E-state index in [0.29, 0.717) is 18.8 Å². The third-order valence-electron chi connectivity index (χ3n) is 5.24. The van der Waals surface area contributed by atoms with Crippen LogP contribution in [0.15, 0.2) is 36.4 Å². The second-order valence-corrected chi connectivity index (χ2v) is 7.84. The number of urea groups is 1. The van der Waals surface area contributed by atoms with Crippen LogP contribution in [0.25, 0.3) is 0 Å². The Hall–Kier alpha value is -2.71. The van der Waals surface area contributed by atoms with Crippen molar-refractivity contribution in [3.63, 3.8) is 0 Å². The quantitative estimate of drug-likeness (QED) is 0.765. The second kappa shape index (κ2) is 8.97. The van der Waals surface area contributed by atoms with Crippen molar-refractivity contribution >= 4 is 29.3 Å². The van der Waals surface area contributed by atoms with E-state index in [2.05, 4.69) is 0 Å². The highest BCUT2D eigenvalue weighted by Gasteiger charge is 2.31. The Bertz CT molecular complexity index is 971. The lowest BCUT2D eigenvalue weighted by molar-refractivity contribution is 0.0696. The molecule has 160 valence electrons. The number of amides is 2. The number of aromatic carboxylic acids is 1. The SMILES string of the molecule is CN(C)[C@H]1CCN(C(=O)N(Cc2ccc(C(=O)O)cc2F)c2ccc(F)c(Cl)c2)C1. The molecule has 9 heteroatoms. The molecule has 3 rings (SSSR count). The zero-order valence-corrected chi connectivity index (χ0v) is 17.4. The van der Waals surface area contributed by atoms with Gasteiger partial charge in [0, 0.05) is 30.4 Å². The molecular formula is C21H22ClF2N3O3. The molecule has 1 aliphatic heterocycles. The van der Waals surface area contributed by atoms with Crippen molar-refractivity contribution in [1.82, 2.24) is 9.80 Å². The van der Waals surface area contributed by atoms with Crippen molar-refractivity contribution < 1.29 is 23.5 Å². The van der Waals surface area contributed by atoms with Crippen LogP contribution in [0.4, 0.5) is 19.3 Å². The van der Waals surface area contributed by atoms with Crippen molar-refractivity contribution in [3.8, 4) is 0 Å². The van der Waals surface area contributed by atoms with Crippen LogP contribution in [0.5, 0.6) is 0 Å². The zero-order chi connectivity index (χ0) is 22.0. The molecular weight excluding hydrogens is 416 g/mol. The smallest absolute Gasteiger partial charge is 0.335 e. The summed E-state index contributed by atoms with van der Waals surface area (Å²) in [5.41, 5.74) is 0.269. The summed E-state index contributed by atoms with van der Waals surface area (Å²) < 4.78 is 28.2. The highest BCUT2D eigenvalue weighted by atomic mass is 35.5. The number of carbonyl (C=O) groups excluding carboxylic acids is 1. The van der Waals surface area contributed by atoms with Gasteiger partial charge in [-0.05, 0) is 50.8 Å². The van der Waals surface area contributed by atoms with Crippen LogP contribution >= 0.6 is 11.6 Å². The Balaban J connectivity index is 1.93. The van der Waals surface area contributed by atoms with Crippen LogP contribution in [-0.4, -0.2) is 60.1 Å². The predicted molar refractivity (Wildman–Crippen MR) is 110 cm³/mol. The number of hydrogen-bond acceptors (Lipinski definition) is 3. The van der Waals surface area contributed by atoms with E-state index in [1.165, 1.54) is 29.2 Å². The maximum absolute atomic E-state index is 14.5. The first-order valence-electron chi connectivity index (χ1n) is 9.37. The molecule has 0 bridgehead atoms. The summed E-state index contributed by atoms with van der Waals surface area (Å²) in [7, 11) is 3.88. The van der Waals surface area contributed by atoms with Gasteiger partial charge in [-0.3, -0.25) is 4.90 Å². The van der Waals surface area contributed by atoms with E-state index in [9.17, 15) is 18.4 Å². The monoisotopic (exact) mass is 437 g/mol. The van der Waals surface area contributed by atoms with Crippen molar-refractivity contribution in [2.75, 3.05) is 32.1 Å². The number of halogens is 3. The Labute approximate surface area is 178 Å². The molecule has 0 unspecified atom stereocenters. The highest BCUT2D eigenvalue weighted by molar-refractivity contribution is 6.31. The van der Waals surface area contributed by atoms with Gasteiger partial charge < -0.3 is 14.9 Å². The summed E-state index contributed by atoms with van der Waals surface area (Å²) in [5.74, 6) is -2.61. The summed E-state index contributed by atoms with van der Waals surface area (Å²) in [5, 5.41) is 8.87. The highest BCUT2D eigenvalue weighted by Crippen LogP contribution is 2.27. The number of nitrogens with zero attached hydrogens (tertiary/aromatic N) is 3. The van der Waals surface area contributed by atoms with Crippen LogP contribution in [0, 0.1) is 11.6 Å². The van der Waals surface area contributed by atoms with Gasteiger partial charge in [-0.2, -0.15) is 0 Å². The van der Waals surface area contributed by atoms with Gasteiger partial charge in [0.05, 0.1) is 17.1 Å². The molecule has 1 N–H and O–H groups in total. The molecule has 2 amide bonds. The van der Waals surface area contributed by atoms with Crippen molar-refractivity contribution in [2.45, 2.75) is 19.0 Å². The Morgan fingerprint density at radius 2 is 1.90 bits per heavy atom. The molecule has 1 fully saturated rings. The zero-order valence-electron chi connectivity index (χ0n) is 16.6. The lowest BCUT2D eigenvalue weighted by Gasteiger charge is -2.29. The molecule has 1 aliphatic rings. The van der Waals surface area contributed by atoms with Crippen LogP contribution in [0.1, 0.15) is 22.3 Å². The van der Waals surface area contributed by atoms with E-state index >= 15 is 0 Å². The molecule has 1 heterocycles. The van der Waals surface area contributed by atoms with E-state index in [1.807, 2.05) is 19.0 Å². The standard InChI is InChI=1S/C21H22ClF2N3O3/c1-25(2)16-7-8-26(12-16)21(30)27(15-5-6-18(23)17(22)10-15)11-14-4-3-13(20(28)29)9-19(14)24/h3-6,9-10,16H,7-8,11-12H2,1-2H3,(H,28,29)/t16-/m0/s1. The number of carboxylic acid groups (broad SMARTS) is 1. The van der Waals surface area contributed by atoms with E-state index in [0.717, 1.165) is 18.6 Å². The number of hydrogen-bond donors (Lipinski definition) is 1. The minimum atomic E-state index is -1.24.